The highest BCUT2D eigenvalue weighted by atomic mass is 14.8. The third-order valence-corrected chi connectivity index (χ3v) is 3.78. The first-order chi connectivity index (χ1) is 9.73. The number of nitrogens with zero attached hydrogens (tertiary/aromatic N) is 2. The van der Waals surface area contributed by atoms with Gasteiger partial charge in [-0.2, -0.15) is 0 Å². The fourth-order valence-corrected chi connectivity index (χ4v) is 2.43. The first kappa shape index (κ1) is 14.7. The van der Waals surface area contributed by atoms with Crippen LogP contribution < -0.4 is 0 Å². The van der Waals surface area contributed by atoms with Gasteiger partial charge in [-0.25, -0.2) is 0 Å². The molecule has 0 spiro atoms. The predicted molar refractivity (Wildman–Crippen MR) is 85.0 cm³/mol. The summed E-state index contributed by atoms with van der Waals surface area (Å²) in [5, 5.41) is 0. The predicted octanol–water partition coefficient (Wildman–Crippen LogP) is 4.39. The van der Waals surface area contributed by atoms with Gasteiger partial charge in [-0.1, -0.05) is 39.8 Å². The second-order valence-corrected chi connectivity index (χ2v) is 5.03. The summed E-state index contributed by atoms with van der Waals surface area (Å²) in [5.74, 6) is 0. The van der Waals surface area contributed by atoms with E-state index in [1.165, 1.54) is 11.1 Å². The van der Waals surface area contributed by atoms with Crippen molar-refractivity contribution in [2.45, 2.75) is 53.4 Å². The van der Waals surface area contributed by atoms with Gasteiger partial charge in [0.25, 0.3) is 0 Å². The van der Waals surface area contributed by atoms with E-state index in [1.807, 2.05) is 0 Å². The van der Waals surface area contributed by atoms with E-state index in [-0.39, 0.29) is 0 Å². The highest BCUT2D eigenvalue weighted by Crippen LogP contribution is 2.25. The van der Waals surface area contributed by atoms with Crippen LogP contribution in [0.15, 0.2) is 24.3 Å². The maximum absolute atomic E-state index is 4.85. The summed E-state index contributed by atoms with van der Waals surface area (Å²) in [4.78, 5) is 9.71. The summed E-state index contributed by atoms with van der Waals surface area (Å²) < 4.78 is 0. The number of aromatic nitrogens is 2. The number of aryl methyl sites for hydroxylation is 4. The lowest BCUT2D eigenvalue weighted by atomic mass is 10.0. The van der Waals surface area contributed by atoms with Gasteiger partial charge in [0.1, 0.15) is 0 Å². The molecule has 2 heterocycles. The summed E-state index contributed by atoms with van der Waals surface area (Å²) in [6, 6.07) is 8.69. The lowest BCUT2D eigenvalue weighted by Gasteiger charge is -2.13. The molecule has 0 aliphatic heterocycles. The van der Waals surface area contributed by atoms with Crippen LogP contribution in [0.4, 0.5) is 0 Å². The normalized spacial score (nSPS) is 10.8. The SMILES string of the molecule is CCc1ccc(CC)c(-c2nc(CC)ccc2CC)n1. The summed E-state index contributed by atoms with van der Waals surface area (Å²) in [5.41, 5.74) is 7.03. The molecule has 20 heavy (non-hydrogen) atoms. The number of pyridine rings is 2. The van der Waals surface area contributed by atoms with Crippen molar-refractivity contribution in [1.29, 1.82) is 0 Å². The van der Waals surface area contributed by atoms with Gasteiger partial charge >= 0.3 is 0 Å². The molecule has 2 rings (SSSR count). The van der Waals surface area contributed by atoms with Crippen molar-refractivity contribution < 1.29 is 0 Å². The van der Waals surface area contributed by atoms with Crippen LogP contribution in [-0.2, 0) is 25.7 Å². The minimum Gasteiger partial charge on any atom is -0.251 e. The molecule has 2 aromatic heterocycles. The lowest BCUT2D eigenvalue weighted by Crippen LogP contribution is -2.02. The Morgan fingerprint density at radius 1 is 0.600 bits per heavy atom. The summed E-state index contributed by atoms with van der Waals surface area (Å²) in [6.45, 7) is 8.66. The van der Waals surface area contributed by atoms with Gasteiger partial charge < -0.3 is 0 Å². The maximum atomic E-state index is 4.85. The second-order valence-electron chi connectivity index (χ2n) is 5.03. The second kappa shape index (κ2) is 6.65. The van der Waals surface area contributed by atoms with Crippen LogP contribution in [0.1, 0.15) is 50.2 Å². The van der Waals surface area contributed by atoms with Crippen molar-refractivity contribution in [3.8, 4) is 11.4 Å². The van der Waals surface area contributed by atoms with Crippen LogP contribution in [0, 0.1) is 0 Å². The Hall–Kier alpha value is -1.70. The summed E-state index contributed by atoms with van der Waals surface area (Å²) in [7, 11) is 0. The van der Waals surface area contributed by atoms with Crippen molar-refractivity contribution >= 4 is 0 Å². The zero-order valence-electron chi connectivity index (χ0n) is 13.0. The van der Waals surface area contributed by atoms with E-state index in [2.05, 4.69) is 52.0 Å². The van der Waals surface area contributed by atoms with Gasteiger partial charge in [0, 0.05) is 11.4 Å². The number of hydrogen-bond donors (Lipinski definition) is 0. The van der Waals surface area contributed by atoms with Gasteiger partial charge in [0.05, 0.1) is 11.4 Å². The quantitative estimate of drug-likeness (QED) is 0.803. The molecule has 0 saturated heterocycles. The van der Waals surface area contributed by atoms with Crippen LogP contribution in [0.2, 0.25) is 0 Å². The van der Waals surface area contributed by atoms with E-state index < -0.39 is 0 Å². The molecule has 2 aromatic rings. The smallest absolute Gasteiger partial charge is 0.0924 e. The Labute approximate surface area is 122 Å². The van der Waals surface area contributed by atoms with Gasteiger partial charge in [-0.15, -0.1) is 0 Å². The van der Waals surface area contributed by atoms with Crippen LogP contribution in [-0.4, -0.2) is 9.97 Å². The number of rotatable bonds is 5. The standard InChI is InChI=1S/C18H24N2/c1-5-13-9-11-15(7-3)19-17(13)18-14(6-2)10-12-16(8-4)20-18/h9-12H,5-8H2,1-4H3. The third kappa shape index (κ3) is 2.90. The van der Waals surface area contributed by atoms with Gasteiger partial charge in [-0.05, 0) is 48.9 Å². The van der Waals surface area contributed by atoms with Crippen molar-refractivity contribution in [2.24, 2.45) is 0 Å². The lowest BCUT2D eigenvalue weighted by molar-refractivity contribution is 0.972. The van der Waals surface area contributed by atoms with Crippen molar-refractivity contribution in [3.63, 3.8) is 0 Å². The van der Waals surface area contributed by atoms with Crippen LogP contribution in [0.3, 0.4) is 0 Å². The largest absolute Gasteiger partial charge is 0.251 e. The maximum Gasteiger partial charge on any atom is 0.0924 e. The molecule has 106 valence electrons. The zero-order chi connectivity index (χ0) is 14.5. The molecule has 0 aliphatic rings. The minimum atomic E-state index is 0.964. The van der Waals surface area contributed by atoms with Crippen molar-refractivity contribution in [3.05, 3.63) is 46.8 Å². The average molecular weight is 268 g/mol. The monoisotopic (exact) mass is 268 g/mol. The Morgan fingerprint density at radius 2 is 1.00 bits per heavy atom. The van der Waals surface area contributed by atoms with Gasteiger partial charge in [0.2, 0.25) is 0 Å². The molecule has 2 nitrogen and oxygen atoms in total. The zero-order valence-corrected chi connectivity index (χ0v) is 13.0. The van der Waals surface area contributed by atoms with E-state index in [0.29, 0.717) is 0 Å². The Morgan fingerprint density at radius 3 is 1.30 bits per heavy atom. The third-order valence-electron chi connectivity index (χ3n) is 3.78. The van der Waals surface area contributed by atoms with E-state index in [1.54, 1.807) is 0 Å². The highest BCUT2D eigenvalue weighted by Gasteiger charge is 2.13. The van der Waals surface area contributed by atoms with Gasteiger partial charge in [0.15, 0.2) is 0 Å². The number of hydrogen-bond acceptors (Lipinski definition) is 2. The van der Waals surface area contributed by atoms with E-state index in [9.17, 15) is 0 Å². The molecule has 0 amide bonds. The molecule has 0 fully saturated rings. The highest BCUT2D eigenvalue weighted by molar-refractivity contribution is 5.63. The van der Waals surface area contributed by atoms with Crippen LogP contribution in [0.25, 0.3) is 11.4 Å². The van der Waals surface area contributed by atoms with Crippen LogP contribution in [0.5, 0.6) is 0 Å². The molecular formula is C18H24N2. The van der Waals surface area contributed by atoms with E-state index >= 15 is 0 Å². The Bertz CT molecular complexity index is 534. The summed E-state index contributed by atoms with van der Waals surface area (Å²) in [6.07, 6.45) is 3.92. The van der Waals surface area contributed by atoms with Crippen LogP contribution >= 0.6 is 0 Å². The van der Waals surface area contributed by atoms with Gasteiger partial charge in [-0.3, -0.25) is 9.97 Å². The average Bonchev–Trinajstić information content (AvgIpc) is 2.53. The minimum absolute atomic E-state index is 0.964. The Kier molecular flexibility index (Phi) is 4.89. The molecule has 0 atom stereocenters. The van der Waals surface area contributed by atoms with Crippen molar-refractivity contribution in [2.75, 3.05) is 0 Å². The molecule has 0 bridgehead atoms. The molecule has 0 saturated carbocycles. The molecule has 0 aromatic carbocycles. The topological polar surface area (TPSA) is 25.8 Å². The molecule has 0 unspecified atom stereocenters. The first-order valence-electron chi connectivity index (χ1n) is 7.71. The molecule has 2 heteroatoms. The molecule has 0 aliphatic carbocycles. The van der Waals surface area contributed by atoms with Crippen molar-refractivity contribution in [1.82, 2.24) is 9.97 Å². The summed E-state index contributed by atoms with van der Waals surface area (Å²) >= 11 is 0. The fraction of sp³-hybridized carbons (Fsp3) is 0.444. The molecule has 0 N–H and O–H groups in total. The van der Waals surface area contributed by atoms with E-state index in [0.717, 1.165) is 48.5 Å². The molecule has 0 radical (unpaired) electrons. The fourth-order valence-electron chi connectivity index (χ4n) is 2.43. The first-order valence-corrected chi connectivity index (χ1v) is 7.71. The Balaban J connectivity index is 2.64. The molecular weight excluding hydrogens is 244 g/mol. The van der Waals surface area contributed by atoms with E-state index in [4.69, 9.17) is 9.97 Å².